The van der Waals surface area contributed by atoms with E-state index < -0.39 is 11.6 Å². The van der Waals surface area contributed by atoms with Crippen molar-refractivity contribution in [1.29, 1.82) is 0 Å². The molecule has 150 valence electrons. The molecule has 29 heavy (non-hydrogen) atoms. The Morgan fingerprint density at radius 1 is 1.14 bits per heavy atom. The Balaban J connectivity index is 1.88. The van der Waals surface area contributed by atoms with Gasteiger partial charge in [-0.25, -0.2) is 13.8 Å². The Bertz CT molecular complexity index is 1000. The summed E-state index contributed by atoms with van der Waals surface area (Å²) in [6.07, 6.45) is 3.51. The van der Waals surface area contributed by atoms with Crippen LogP contribution in [0.1, 0.15) is 17.2 Å². The Hall–Kier alpha value is -2.25. The van der Waals surface area contributed by atoms with Crippen molar-refractivity contribution in [3.8, 4) is 0 Å². The molecule has 0 unspecified atom stereocenters. The summed E-state index contributed by atoms with van der Waals surface area (Å²) in [7, 11) is 0. The number of benzene rings is 2. The standard InChI is InChI=1S/C22H19Br2F2N3/c1-3-6-16(23)13(2)20-21(15-7-4-5-8-17(15)24)29-22(28-20)27-12-14-9-10-18(25)19(26)11-14/h3-11,20-21H,1-2,12H2,(H2,27,28,29)/b16-6+/t20-,21+/m1/s1. The molecule has 0 saturated carbocycles. The van der Waals surface area contributed by atoms with Crippen molar-refractivity contribution < 1.29 is 8.78 Å². The second kappa shape index (κ2) is 9.50. The molecule has 2 atom stereocenters. The molecule has 0 aliphatic carbocycles. The Morgan fingerprint density at radius 3 is 2.59 bits per heavy atom. The van der Waals surface area contributed by atoms with E-state index in [0.29, 0.717) is 11.5 Å². The molecular formula is C22H19Br2F2N3. The minimum Gasteiger partial charge on any atom is -0.347 e. The van der Waals surface area contributed by atoms with Gasteiger partial charge in [0.1, 0.15) is 0 Å². The second-order valence-electron chi connectivity index (χ2n) is 6.45. The first-order chi connectivity index (χ1) is 13.9. The third kappa shape index (κ3) is 5.03. The molecule has 0 radical (unpaired) electrons. The molecule has 3 rings (SSSR count). The van der Waals surface area contributed by atoms with Crippen LogP contribution in [0.4, 0.5) is 8.78 Å². The number of rotatable bonds is 6. The second-order valence-corrected chi connectivity index (χ2v) is 8.16. The number of nitrogens with one attached hydrogen (secondary N) is 2. The quantitative estimate of drug-likeness (QED) is 0.463. The fourth-order valence-electron chi connectivity index (χ4n) is 3.03. The summed E-state index contributed by atoms with van der Waals surface area (Å²) in [5.41, 5.74) is 2.45. The van der Waals surface area contributed by atoms with Crippen LogP contribution >= 0.6 is 31.9 Å². The van der Waals surface area contributed by atoms with Gasteiger partial charge in [-0.05, 0) is 41.0 Å². The Morgan fingerprint density at radius 2 is 1.90 bits per heavy atom. The molecular weight excluding hydrogens is 504 g/mol. The van der Waals surface area contributed by atoms with Gasteiger partial charge in [-0.2, -0.15) is 0 Å². The molecule has 0 aromatic heterocycles. The lowest BCUT2D eigenvalue weighted by Gasteiger charge is -2.22. The van der Waals surface area contributed by atoms with E-state index >= 15 is 0 Å². The molecule has 3 nitrogen and oxygen atoms in total. The van der Waals surface area contributed by atoms with Crippen LogP contribution < -0.4 is 10.6 Å². The summed E-state index contributed by atoms with van der Waals surface area (Å²) in [6, 6.07) is 11.4. The normalized spacial score (nSPS) is 20.3. The molecule has 0 spiro atoms. The van der Waals surface area contributed by atoms with Crippen molar-refractivity contribution in [2.45, 2.75) is 18.6 Å². The number of guanidine groups is 1. The van der Waals surface area contributed by atoms with Crippen molar-refractivity contribution in [1.82, 2.24) is 10.6 Å². The third-order valence-electron chi connectivity index (χ3n) is 4.51. The fraction of sp³-hybridized carbons (Fsp3) is 0.136. The molecule has 1 fully saturated rings. The summed E-state index contributed by atoms with van der Waals surface area (Å²) in [4.78, 5) is 4.50. The fourth-order valence-corrected chi connectivity index (χ4v) is 4.00. The highest BCUT2D eigenvalue weighted by atomic mass is 79.9. The maximum atomic E-state index is 13.4. The highest BCUT2D eigenvalue weighted by molar-refractivity contribution is 9.12. The number of nitrogens with zero attached hydrogens (tertiary/aromatic N) is 1. The summed E-state index contributed by atoms with van der Waals surface area (Å²) in [5, 5.41) is 6.73. The number of hydrogen-bond acceptors (Lipinski definition) is 1. The lowest BCUT2D eigenvalue weighted by atomic mass is 9.95. The molecule has 2 aromatic rings. The third-order valence-corrected chi connectivity index (χ3v) is 6.00. The first kappa shape index (κ1) is 21.5. The van der Waals surface area contributed by atoms with Crippen LogP contribution in [0.5, 0.6) is 0 Å². The number of allylic oxidation sites excluding steroid dienone is 2. The zero-order chi connectivity index (χ0) is 21.0. The van der Waals surface area contributed by atoms with Gasteiger partial charge in [-0.3, -0.25) is 0 Å². The Kier molecular flexibility index (Phi) is 7.03. The lowest BCUT2D eigenvalue weighted by Crippen LogP contribution is -2.30. The molecule has 1 aliphatic rings. The minimum atomic E-state index is -0.883. The maximum absolute atomic E-state index is 13.4. The van der Waals surface area contributed by atoms with E-state index in [4.69, 9.17) is 0 Å². The van der Waals surface area contributed by atoms with Crippen molar-refractivity contribution in [2.24, 2.45) is 4.99 Å². The molecule has 7 heteroatoms. The van der Waals surface area contributed by atoms with E-state index in [1.807, 2.05) is 30.3 Å². The number of hydrogen-bond donors (Lipinski definition) is 2. The van der Waals surface area contributed by atoms with Crippen LogP contribution in [-0.4, -0.2) is 12.0 Å². The van der Waals surface area contributed by atoms with Gasteiger partial charge < -0.3 is 10.6 Å². The van der Waals surface area contributed by atoms with E-state index in [2.05, 4.69) is 60.6 Å². The number of aliphatic imine (C=N–C) groups is 1. The molecule has 0 amide bonds. The predicted octanol–water partition coefficient (Wildman–Crippen LogP) is 5.91. The van der Waals surface area contributed by atoms with Gasteiger partial charge in [0.15, 0.2) is 17.6 Å². The van der Waals surface area contributed by atoms with E-state index in [-0.39, 0.29) is 18.6 Å². The average Bonchev–Trinajstić information content (AvgIpc) is 3.13. The van der Waals surface area contributed by atoms with Crippen molar-refractivity contribution in [2.75, 3.05) is 0 Å². The smallest absolute Gasteiger partial charge is 0.192 e. The van der Waals surface area contributed by atoms with Gasteiger partial charge in [0, 0.05) is 8.96 Å². The summed E-state index contributed by atoms with van der Waals surface area (Å²) in [5.74, 6) is -1.20. The molecule has 2 N–H and O–H groups in total. The van der Waals surface area contributed by atoms with Crippen LogP contribution in [0, 0.1) is 11.6 Å². The summed E-state index contributed by atoms with van der Waals surface area (Å²) < 4.78 is 28.4. The van der Waals surface area contributed by atoms with E-state index in [1.54, 1.807) is 6.08 Å². The summed E-state index contributed by atoms with van der Waals surface area (Å²) >= 11 is 7.14. The van der Waals surface area contributed by atoms with Gasteiger partial charge >= 0.3 is 0 Å². The van der Waals surface area contributed by atoms with Gasteiger partial charge in [0.2, 0.25) is 0 Å². The molecule has 1 aliphatic heterocycles. The van der Waals surface area contributed by atoms with Crippen LogP contribution in [0.3, 0.4) is 0 Å². The number of halogens is 4. The van der Waals surface area contributed by atoms with Gasteiger partial charge in [0.25, 0.3) is 0 Å². The van der Waals surface area contributed by atoms with Crippen LogP contribution in [0.2, 0.25) is 0 Å². The van der Waals surface area contributed by atoms with Crippen LogP contribution in [0.15, 0.2) is 87.3 Å². The van der Waals surface area contributed by atoms with Crippen molar-refractivity contribution in [3.63, 3.8) is 0 Å². The lowest BCUT2D eigenvalue weighted by molar-refractivity contribution is 0.507. The van der Waals surface area contributed by atoms with E-state index in [0.717, 1.165) is 32.2 Å². The Labute approximate surface area is 185 Å². The molecule has 1 heterocycles. The molecule has 2 aromatic carbocycles. The average molecular weight is 523 g/mol. The van der Waals surface area contributed by atoms with Gasteiger partial charge in [0.05, 0.1) is 18.6 Å². The summed E-state index contributed by atoms with van der Waals surface area (Å²) in [6.45, 7) is 8.13. The van der Waals surface area contributed by atoms with Crippen LogP contribution in [0.25, 0.3) is 0 Å². The SMILES string of the molecule is C=C/C=C(/Br)C(=C)[C@H]1NC(=NCc2ccc(F)c(F)c2)N[C@H]1c1ccccc1Br. The minimum absolute atomic E-state index is 0.132. The zero-order valence-electron chi connectivity index (χ0n) is 15.4. The largest absolute Gasteiger partial charge is 0.347 e. The molecule has 1 saturated heterocycles. The van der Waals surface area contributed by atoms with Crippen LogP contribution in [-0.2, 0) is 6.54 Å². The first-order valence-electron chi connectivity index (χ1n) is 8.84. The van der Waals surface area contributed by atoms with Crippen molar-refractivity contribution >= 4 is 37.8 Å². The van der Waals surface area contributed by atoms with Gasteiger partial charge in [-0.1, -0.05) is 75.4 Å². The monoisotopic (exact) mass is 521 g/mol. The highest BCUT2D eigenvalue weighted by Gasteiger charge is 2.35. The first-order valence-corrected chi connectivity index (χ1v) is 10.4. The zero-order valence-corrected chi connectivity index (χ0v) is 18.6. The van der Waals surface area contributed by atoms with Crippen molar-refractivity contribution in [3.05, 3.63) is 105 Å². The molecule has 0 bridgehead atoms. The van der Waals surface area contributed by atoms with E-state index in [9.17, 15) is 8.78 Å². The topological polar surface area (TPSA) is 36.4 Å². The maximum Gasteiger partial charge on any atom is 0.192 e. The highest BCUT2D eigenvalue weighted by Crippen LogP contribution is 2.34. The predicted molar refractivity (Wildman–Crippen MR) is 121 cm³/mol. The van der Waals surface area contributed by atoms with E-state index in [1.165, 1.54) is 6.07 Å². The van der Waals surface area contributed by atoms with Gasteiger partial charge in [-0.15, -0.1) is 0 Å².